The lowest BCUT2D eigenvalue weighted by atomic mass is 9.86. The molecular weight excluding hydrogens is 328 g/mol. The van der Waals surface area contributed by atoms with Gasteiger partial charge in [0.2, 0.25) is 0 Å². The van der Waals surface area contributed by atoms with Crippen LogP contribution in [0.2, 0.25) is 0 Å². The molecular formula is C21H28N2O3. The summed E-state index contributed by atoms with van der Waals surface area (Å²) < 4.78 is 5.10. The molecule has 1 amide bonds. The van der Waals surface area contributed by atoms with Crippen LogP contribution >= 0.6 is 0 Å². The van der Waals surface area contributed by atoms with Crippen LogP contribution in [-0.4, -0.2) is 30.0 Å². The van der Waals surface area contributed by atoms with Gasteiger partial charge in [-0.25, -0.2) is 0 Å². The lowest BCUT2D eigenvalue weighted by Gasteiger charge is -2.20. The smallest absolute Gasteiger partial charge is 0.306 e. The van der Waals surface area contributed by atoms with Crippen molar-refractivity contribution < 1.29 is 14.3 Å². The van der Waals surface area contributed by atoms with E-state index in [1.807, 2.05) is 24.4 Å². The van der Waals surface area contributed by atoms with Crippen molar-refractivity contribution in [3.05, 3.63) is 36.0 Å². The Morgan fingerprint density at radius 3 is 2.81 bits per heavy atom. The van der Waals surface area contributed by atoms with E-state index >= 15 is 0 Å². The Kier molecular flexibility index (Phi) is 6.69. The molecule has 0 atom stereocenters. The van der Waals surface area contributed by atoms with Crippen LogP contribution < -0.4 is 5.32 Å². The fraction of sp³-hybridized carbons (Fsp3) is 0.524. The van der Waals surface area contributed by atoms with Crippen LogP contribution in [0.3, 0.4) is 0 Å². The summed E-state index contributed by atoms with van der Waals surface area (Å²) in [5, 5.41) is 3.99. The second kappa shape index (κ2) is 9.41. The lowest BCUT2D eigenvalue weighted by Crippen LogP contribution is -2.30. The zero-order valence-electron chi connectivity index (χ0n) is 15.3. The minimum absolute atomic E-state index is 0.183. The Balaban J connectivity index is 1.30. The van der Waals surface area contributed by atoms with Gasteiger partial charge in [-0.3, -0.25) is 9.59 Å². The summed E-state index contributed by atoms with van der Waals surface area (Å²) in [6.45, 7) is 0.345. The molecule has 0 radical (unpaired) electrons. The van der Waals surface area contributed by atoms with E-state index in [9.17, 15) is 9.59 Å². The third-order valence-electron chi connectivity index (χ3n) is 5.24. The molecule has 1 heterocycles. The number of H-pyrrole nitrogens is 1. The molecule has 0 bridgehead atoms. The average Bonchev–Trinajstić information content (AvgIpc) is 3.09. The van der Waals surface area contributed by atoms with Gasteiger partial charge in [0.25, 0.3) is 5.91 Å². The van der Waals surface area contributed by atoms with Gasteiger partial charge in [-0.05, 0) is 30.4 Å². The van der Waals surface area contributed by atoms with Crippen LogP contribution in [0.1, 0.15) is 50.5 Å². The molecule has 5 heteroatoms. The second-order valence-electron chi connectivity index (χ2n) is 7.16. The number of carbonyl (C=O) groups is 2. The number of aromatic nitrogens is 1. The molecule has 3 rings (SSSR count). The van der Waals surface area contributed by atoms with Crippen molar-refractivity contribution in [2.75, 3.05) is 13.2 Å². The fourth-order valence-corrected chi connectivity index (χ4v) is 3.74. The molecule has 2 N–H and O–H groups in total. The summed E-state index contributed by atoms with van der Waals surface area (Å²) in [5.41, 5.74) is 2.27. The number of rotatable bonds is 8. The zero-order chi connectivity index (χ0) is 18.2. The van der Waals surface area contributed by atoms with Gasteiger partial charge in [0.05, 0.1) is 0 Å². The molecule has 140 valence electrons. The van der Waals surface area contributed by atoms with Crippen molar-refractivity contribution in [2.45, 2.75) is 51.4 Å². The number of fused-ring (bicyclic) bond motifs is 1. The highest BCUT2D eigenvalue weighted by Crippen LogP contribution is 2.27. The summed E-state index contributed by atoms with van der Waals surface area (Å²) in [5.74, 6) is 0.152. The molecule has 2 aromatic rings. The first-order valence-corrected chi connectivity index (χ1v) is 9.69. The number of hydrogen-bond donors (Lipinski definition) is 2. The first-order chi connectivity index (χ1) is 12.7. The summed E-state index contributed by atoms with van der Waals surface area (Å²) in [4.78, 5) is 26.9. The van der Waals surface area contributed by atoms with Crippen molar-refractivity contribution in [3.63, 3.8) is 0 Å². The van der Waals surface area contributed by atoms with Crippen molar-refractivity contribution >= 4 is 22.8 Å². The van der Waals surface area contributed by atoms with E-state index in [0.29, 0.717) is 18.9 Å². The maximum Gasteiger partial charge on any atom is 0.306 e. The van der Waals surface area contributed by atoms with Gasteiger partial charge in [-0.1, -0.05) is 50.3 Å². The summed E-state index contributed by atoms with van der Waals surface area (Å²) in [7, 11) is 0. The van der Waals surface area contributed by atoms with Gasteiger partial charge < -0.3 is 15.0 Å². The van der Waals surface area contributed by atoms with Crippen molar-refractivity contribution in [1.29, 1.82) is 0 Å². The molecule has 0 spiro atoms. The standard InChI is InChI=1S/C21H28N2O3/c24-20(15-26-21(25)11-10-16-6-2-1-3-7-16)22-13-12-17-14-23-19-9-5-4-8-18(17)19/h4-5,8-9,14,16,23H,1-3,6-7,10-13,15H2,(H,22,24). The predicted octanol–water partition coefficient (Wildman–Crippen LogP) is 3.73. The molecule has 26 heavy (non-hydrogen) atoms. The summed E-state index contributed by atoms with van der Waals surface area (Å²) in [6, 6.07) is 8.10. The Morgan fingerprint density at radius 1 is 1.15 bits per heavy atom. The number of benzene rings is 1. The van der Waals surface area contributed by atoms with Crippen LogP contribution in [0.4, 0.5) is 0 Å². The van der Waals surface area contributed by atoms with Crippen LogP contribution in [0.25, 0.3) is 10.9 Å². The Hall–Kier alpha value is -2.30. The molecule has 1 aliphatic rings. The Bertz CT molecular complexity index is 732. The van der Waals surface area contributed by atoms with Gasteiger partial charge in [-0.2, -0.15) is 0 Å². The number of aromatic amines is 1. The van der Waals surface area contributed by atoms with E-state index in [1.54, 1.807) is 0 Å². The number of nitrogens with one attached hydrogen (secondary N) is 2. The Labute approximate surface area is 154 Å². The number of esters is 1. The van der Waals surface area contributed by atoms with E-state index in [0.717, 1.165) is 18.4 Å². The summed E-state index contributed by atoms with van der Waals surface area (Å²) >= 11 is 0. The van der Waals surface area contributed by atoms with Crippen molar-refractivity contribution in [1.82, 2.24) is 10.3 Å². The van der Waals surface area contributed by atoms with Crippen LogP contribution in [0.5, 0.6) is 0 Å². The largest absolute Gasteiger partial charge is 0.456 e. The second-order valence-corrected chi connectivity index (χ2v) is 7.16. The third-order valence-corrected chi connectivity index (χ3v) is 5.24. The highest BCUT2D eigenvalue weighted by atomic mass is 16.5. The van der Waals surface area contributed by atoms with Gasteiger partial charge in [-0.15, -0.1) is 0 Å². The van der Waals surface area contributed by atoms with E-state index in [-0.39, 0.29) is 18.5 Å². The van der Waals surface area contributed by atoms with Crippen LogP contribution in [0, 0.1) is 5.92 Å². The van der Waals surface area contributed by atoms with Crippen LogP contribution in [-0.2, 0) is 20.7 Å². The van der Waals surface area contributed by atoms with Gasteiger partial charge in [0.15, 0.2) is 6.61 Å². The van der Waals surface area contributed by atoms with Gasteiger partial charge >= 0.3 is 5.97 Å². The van der Waals surface area contributed by atoms with Crippen molar-refractivity contribution in [2.24, 2.45) is 5.92 Å². The van der Waals surface area contributed by atoms with E-state index in [2.05, 4.69) is 16.4 Å². The van der Waals surface area contributed by atoms with Crippen LogP contribution in [0.15, 0.2) is 30.5 Å². The number of carbonyl (C=O) groups excluding carboxylic acids is 2. The van der Waals surface area contributed by atoms with Crippen molar-refractivity contribution in [3.8, 4) is 0 Å². The molecule has 0 unspecified atom stereocenters. The minimum atomic E-state index is -0.262. The highest BCUT2D eigenvalue weighted by Gasteiger charge is 2.16. The Morgan fingerprint density at radius 2 is 1.96 bits per heavy atom. The lowest BCUT2D eigenvalue weighted by molar-refractivity contribution is -0.148. The fourth-order valence-electron chi connectivity index (χ4n) is 3.74. The maximum atomic E-state index is 11.8. The first kappa shape index (κ1) is 18.5. The first-order valence-electron chi connectivity index (χ1n) is 9.69. The summed E-state index contributed by atoms with van der Waals surface area (Å²) in [6.07, 6.45) is 10.3. The minimum Gasteiger partial charge on any atom is -0.456 e. The SMILES string of the molecule is O=C(COC(=O)CCC1CCCCC1)NCCc1c[nH]c2ccccc12. The molecule has 1 fully saturated rings. The van der Waals surface area contributed by atoms with Gasteiger partial charge in [0.1, 0.15) is 0 Å². The average molecular weight is 356 g/mol. The monoisotopic (exact) mass is 356 g/mol. The topological polar surface area (TPSA) is 71.2 Å². The molecule has 1 aromatic heterocycles. The molecule has 1 aromatic carbocycles. The molecule has 1 saturated carbocycles. The van der Waals surface area contributed by atoms with Gasteiger partial charge in [0, 0.05) is 30.1 Å². The maximum absolute atomic E-state index is 11.8. The number of para-hydroxylation sites is 1. The predicted molar refractivity (Wildman–Crippen MR) is 102 cm³/mol. The molecule has 0 aliphatic heterocycles. The normalized spacial score (nSPS) is 15.1. The molecule has 1 aliphatic carbocycles. The molecule has 0 saturated heterocycles. The third kappa shape index (κ3) is 5.35. The van der Waals surface area contributed by atoms with E-state index in [1.165, 1.54) is 43.1 Å². The van der Waals surface area contributed by atoms with E-state index < -0.39 is 0 Å². The quantitative estimate of drug-likeness (QED) is 0.708. The number of amides is 1. The number of hydrogen-bond acceptors (Lipinski definition) is 3. The number of ether oxygens (including phenoxy) is 1. The molecule has 5 nitrogen and oxygen atoms in total. The van der Waals surface area contributed by atoms with E-state index in [4.69, 9.17) is 4.74 Å². The zero-order valence-corrected chi connectivity index (χ0v) is 15.3. The highest BCUT2D eigenvalue weighted by molar-refractivity contribution is 5.83.